The minimum atomic E-state index is -0.349. The fraction of sp³-hybridized carbons (Fsp3) is 0.267. The van der Waals surface area contributed by atoms with Crippen LogP contribution in [0.3, 0.4) is 0 Å². The SMILES string of the molecule is CCn1c(SCC(=O)Nc2ccc(OC)cc2)nc(O)cc1=O. The van der Waals surface area contributed by atoms with E-state index in [-0.39, 0.29) is 23.1 Å². The summed E-state index contributed by atoms with van der Waals surface area (Å²) in [4.78, 5) is 27.6. The minimum absolute atomic E-state index is 0.0714. The van der Waals surface area contributed by atoms with Gasteiger partial charge in [-0.3, -0.25) is 14.2 Å². The molecule has 1 aromatic carbocycles. The highest BCUT2D eigenvalue weighted by Gasteiger charge is 2.10. The molecule has 0 spiro atoms. The lowest BCUT2D eigenvalue weighted by Crippen LogP contribution is -2.22. The summed E-state index contributed by atoms with van der Waals surface area (Å²) in [6.07, 6.45) is 0. The number of nitrogens with one attached hydrogen (secondary N) is 1. The van der Waals surface area contributed by atoms with Gasteiger partial charge in [-0.15, -0.1) is 0 Å². The molecule has 0 aliphatic rings. The van der Waals surface area contributed by atoms with Crippen molar-refractivity contribution < 1.29 is 14.6 Å². The van der Waals surface area contributed by atoms with E-state index >= 15 is 0 Å². The molecule has 0 unspecified atom stereocenters. The van der Waals surface area contributed by atoms with Gasteiger partial charge in [0.25, 0.3) is 5.56 Å². The molecule has 122 valence electrons. The number of aromatic nitrogens is 2. The number of carbonyl (C=O) groups excluding carboxylic acids is 1. The standard InChI is InChI=1S/C15H17N3O4S/c1-3-18-14(21)8-12(19)17-15(18)23-9-13(20)16-10-4-6-11(22-2)7-5-10/h4-8,19H,3,9H2,1-2H3,(H,16,20). The summed E-state index contributed by atoms with van der Waals surface area (Å²) in [6.45, 7) is 2.20. The molecule has 2 aromatic rings. The summed E-state index contributed by atoms with van der Waals surface area (Å²) in [5.41, 5.74) is 0.297. The van der Waals surface area contributed by atoms with Gasteiger partial charge in [0.15, 0.2) is 5.16 Å². The number of thioether (sulfide) groups is 1. The Hall–Kier alpha value is -2.48. The third-order valence-corrected chi connectivity index (χ3v) is 3.96. The maximum absolute atomic E-state index is 12.0. The molecule has 0 aliphatic carbocycles. The number of benzene rings is 1. The third kappa shape index (κ3) is 4.49. The molecule has 23 heavy (non-hydrogen) atoms. The predicted octanol–water partition coefficient (Wildman–Crippen LogP) is 1.71. The molecule has 2 rings (SSSR count). The molecule has 0 saturated heterocycles. The first-order valence-corrected chi connectivity index (χ1v) is 7.89. The smallest absolute Gasteiger partial charge is 0.257 e. The van der Waals surface area contributed by atoms with Crippen LogP contribution < -0.4 is 15.6 Å². The molecule has 8 heteroatoms. The van der Waals surface area contributed by atoms with Crippen molar-refractivity contribution in [1.82, 2.24) is 9.55 Å². The van der Waals surface area contributed by atoms with Crippen molar-refractivity contribution in [2.75, 3.05) is 18.2 Å². The Labute approximate surface area is 137 Å². The highest BCUT2D eigenvalue weighted by Crippen LogP contribution is 2.18. The summed E-state index contributed by atoms with van der Waals surface area (Å²) >= 11 is 1.09. The highest BCUT2D eigenvalue weighted by atomic mass is 32.2. The summed E-state index contributed by atoms with van der Waals surface area (Å²) < 4.78 is 6.44. The molecule has 0 aliphatic heterocycles. The zero-order chi connectivity index (χ0) is 16.8. The van der Waals surface area contributed by atoms with Crippen LogP contribution in [0.15, 0.2) is 40.3 Å². The molecule has 2 N–H and O–H groups in total. The first kappa shape index (κ1) is 16.9. The molecule has 1 heterocycles. The summed E-state index contributed by atoms with van der Waals surface area (Å²) in [5, 5.41) is 12.5. The maximum Gasteiger partial charge on any atom is 0.257 e. The van der Waals surface area contributed by atoms with E-state index in [1.165, 1.54) is 4.57 Å². The average molecular weight is 335 g/mol. The van der Waals surface area contributed by atoms with E-state index in [9.17, 15) is 14.7 Å². The van der Waals surface area contributed by atoms with Crippen LogP contribution in [0.2, 0.25) is 0 Å². The fourth-order valence-corrected chi connectivity index (χ4v) is 2.74. The van der Waals surface area contributed by atoms with Gasteiger partial charge in [0, 0.05) is 12.2 Å². The van der Waals surface area contributed by atoms with Crippen molar-refractivity contribution in [3.8, 4) is 11.6 Å². The number of amides is 1. The molecular weight excluding hydrogens is 318 g/mol. The Morgan fingerprint density at radius 1 is 1.39 bits per heavy atom. The highest BCUT2D eigenvalue weighted by molar-refractivity contribution is 7.99. The number of nitrogens with zero attached hydrogens (tertiary/aromatic N) is 2. The van der Waals surface area contributed by atoms with Crippen molar-refractivity contribution >= 4 is 23.4 Å². The quantitative estimate of drug-likeness (QED) is 0.616. The number of ether oxygens (including phenoxy) is 1. The Bertz CT molecular complexity index is 743. The Balaban J connectivity index is 2.00. The summed E-state index contributed by atoms with van der Waals surface area (Å²) in [6, 6.07) is 8.00. The zero-order valence-corrected chi connectivity index (χ0v) is 13.6. The number of anilines is 1. The zero-order valence-electron chi connectivity index (χ0n) is 12.8. The monoisotopic (exact) mass is 335 g/mol. The van der Waals surface area contributed by atoms with E-state index in [4.69, 9.17) is 4.74 Å². The second-order valence-corrected chi connectivity index (χ2v) is 5.49. The van der Waals surface area contributed by atoms with E-state index in [0.29, 0.717) is 23.1 Å². The largest absolute Gasteiger partial charge is 0.497 e. The van der Waals surface area contributed by atoms with Crippen LogP contribution in [-0.2, 0) is 11.3 Å². The average Bonchev–Trinajstić information content (AvgIpc) is 2.53. The Morgan fingerprint density at radius 3 is 2.70 bits per heavy atom. The topological polar surface area (TPSA) is 93.5 Å². The number of aromatic hydroxyl groups is 1. The molecule has 7 nitrogen and oxygen atoms in total. The number of carbonyl (C=O) groups is 1. The van der Waals surface area contributed by atoms with Gasteiger partial charge in [0.2, 0.25) is 11.8 Å². The van der Waals surface area contributed by atoms with Gasteiger partial charge in [0.05, 0.1) is 18.9 Å². The molecule has 0 saturated carbocycles. The van der Waals surface area contributed by atoms with Gasteiger partial charge in [-0.05, 0) is 31.2 Å². The maximum atomic E-state index is 12.0. The number of rotatable bonds is 6. The van der Waals surface area contributed by atoms with E-state index < -0.39 is 0 Å². The second kappa shape index (κ2) is 7.68. The van der Waals surface area contributed by atoms with Crippen LogP contribution in [0, 0.1) is 0 Å². The Kier molecular flexibility index (Phi) is 5.64. The molecule has 0 bridgehead atoms. The van der Waals surface area contributed by atoms with Crippen molar-refractivity contribution in [1.29, 1.82) is 0 Å². The second-order valence-electron chi connectivity index (χ2n) is 4.54. The van der Waals surface area contributed by atoms with Crippen molar-refractivity contribution in [3.63, 3.8) is 0 Å². The number of hydrogen-bond acceptors (Lipinski definition) is 6. The van der Waals surface area contributed by atoms with E-state index in [2.05, 4.69) is 10.3 Å². The van der Waals surface area contributed by atoms with Crippen molar-refractivity contribution in [3.05, 3.63) is 40.7 Å². The predicted molar refractivity (Wildman–Crippen MR) is 88.2 cm³/mol. The van der Waals surface area contributed by atoms with Crippen LogP contribution in [0.4, 0.5) is 5.69 Å². The first-order chi connectivity index (χ1) is 11.0. The summed E-state index contributed by atoms with van der Waals surface area (Å²) in [5.74, 6) is 0.188. The number of hydrogen-bond donors (Lipinski definition) is 2. The summed E-state index contributed by atoms with van der Waals surface area (Å²) in [7, 11) is 1.57. The van der Waals surface area contributed by atoms with Gasteiger partial charge in [-0.2, -0.15) is 4.98 Å². The van der Waals surface area contributed by atoms with Crippen LogP contribution in [0.1, 0.15) is 6.92 Å². The number of methoxy groups -OCH3 is 1. The lowest BCUT2D eigenvalue weighted by molar-refractivity contribution is -0.113. The molecule has 0 radical (unpaired) electrons. The van der Waals surface area contributed by atoms with Crippen LogP contribution >= 0.6 is 11.8 Å². The molecule has 1 aromatic heterocycles. The van der Waals surface area contributed by atoms with E-state index in [1.807, 2.05) is 0 Å². The van der Waals surface area contributed by atoms with Gasteiger partial charge >= 0.3 is 0 Å². The Morgan fingerprint density at radius 2 is 2.09 bits per heavy atom. The van der Waals surface area contributed by atoms with Gasteiger partial charge in [-0.25, -0.2) is 0 Å². The molecule has 0 atom stereocenters. The van der Waals surface area contributed by atoms with E-state index in [0.717, 1.165) is 17.8 Å². The van der Waals surface area contributed by atoms with Crippen molar-refractivity contribution in [2.24, 2.45) is 0 Å². The van der Waals surface area contributed by atoms with Gasteiger partial charge in [0.1, 0.15) is 5.75 Å². The van der Waals surface area contributed by atoms with Crippen LogP contribution in [0.25, 0.3) is 0 Å². The minimum Gasteiger partial charge on any atom is -0.497 e. The van der Waals surface area contributed by atoms with Gasteiger partial charge < -0.3 is 15.2 Å². The third-order valence-electron chi connectivity index (χ3n) is 2.98. The molecular formula is C15H17N3O4S. The van der Waals surface area contributed by atoms with Crippen LogP contribution in [0.5, 0.6) is 11.6 Å². The van der Waals surface area contributed by atoms with E-state index in [1.54, 1.807) is 38.3 Å². The first-order valence-electron chi connectivity index (χ1n) is 6.91. The lowest BCUT2D eigenvalue weighted by Gasteiger charge is -2.09. The lowest BCUT2D eigenvalue weighted by atomic mass is 10.3. The fourth-order valence-electron chi connectivity index (χ4n) is 1.88. The normalized spacial score (nSPS) is 10.3. The van der Waals surface area contributed by atoms with Crippen LogP contribution in [-0.4, -0.2) is 33.4 Å². The molecule has 0 fully saturated rings. The van der Waals surface area contributed by atoms with Gasteiger partial charge in [-0.1, -0.05) is 11.8 Å². The molecule has 1 amide bonds. The van der Waals surface area contributed by atoms with Crippen molar-refractivity contribution in [2.45, 2.75) is 18.6 Å².